The van der Waals surface area contributed by atoms with Gasteiger partial charge in [-0.25, -0.2) is 18.1 Å². The average molecular weight is 516 g/mol. The molecule has 0 heterocycles. The number of nitrogens with zero attached hydrogens (tertiary/aromatic N) is 1. The summed E-state index contributed by atoms with van der Waals surface area (Å²) in [6, 6.07) is 13.3. The van der Waals surface area contributed by atoms with E-state index in [1.54, 1.807) is 26.0 Å². The Morgan fingerprint density at radius 3 is 2.21 bits per heavy atom. The van der Waals surface area contributed by atoms with Crippen LogP contribution in [0, 0.1) is 13.8 Å². The minimum atomic E-state index is -3.32. The van der Waals surface area contributed by atoms with Crippen LogP contribution in [0.4, 0.5) is 5.69 Å². The van der Waals surface area contributed by atoms with E-state index >= 15 is 0 Å². The molecule has 154 valence electrons. The maximum Gasteiger partial charge on any atom is 0.216 e. The molecule has 0 bridgehead atoms. The van der Waals surface area contributed by atoms with E-state index in [4.69, 9.17) is 5.73 Å². The summed E-state index contributed by atoms with van der Waals surface area (Å²) in [4.78, 5) is 4.34. The normalized spacial score (nSPS) is 12.0. The molecule has 0 amide bonds. The fourth-order valence-electron chi connectivity index (χ4n) is 2.54. The molecule has 2 aromatic carbocycles. The summed E-state index contributed by atoms with van der Waals surface area (Å²) in [5, 5.41) is 3.08. The van der Waals surface area contributed by atoms with Gasteiger partial charge < -0.3 is 11.1 Å². The lowest BCUT2D eigenvalue weighted by Gasteiger charge is -2.10. The van der Waals surface area contributed by atoms with Crippen LogP contribution in [0.1, 0.15) is 36.1 Å². The molecule has 0 unspecified atom stereocenters. The number of rotatable bonds is 7. The van der Waals surface area contributed by atoms with Gasteiger partial charge in [0.1, 0.15) is 0 Å². The quantitative estimate of drug-likeness (QED) is 0.297. The van der Waals surface area contributed by atoms with Crippen LogP contribution in [-0.2, 0) is 22.3 Å². The van der Waals surface area contributed by atoms with Crippen molar-refractivity contribution < 1.29 is 8.42 Å². The molecule has 0 saturated heterocycles. The highest BCUT2D eigenvalue weighted by Crippen LogP contribution is 2.14. The first-order valence-electron chi connectivity index (χ1n) is 8.86. The molecule has 0 spiro atoms. The fraction of sp³-hybridized carbons (Fsp3) is 0.350. The molecule has 0 aliphatic carbocycles. The number of anilines is 1. The Morgan fingerprint density at radius 2 is 1.64 bits per heavy atom. The van der Waals surface area contributed by atoms with Gasteiger partial charge in [0.25, 0.3) is 0 Å². The van der Waals surface area contributed by atoms with Crippen LogP contribution in [0.5, 0.6) is 0 Å². The SMILES string of the molecule is Cc1ccc(NC(N)=NCc2ccc(CS(=O)(=O)NC(C)C)cc2)cc1C.I. The van der Waals surface area contributed by atoms with Crippen LogP contribution in [0.25, 0.3) is 0 Å². The Hall–Kier alpha value is -1.65. The van der Waals surface area contributed by atoms with Crippen LogP contribution in [0.2, 0.25) is 0 Å². The molecule has 0 radical (unpaired) electrons. The van der Waals surface area contributed by atoms with E-state index in [1.165, 1.54) is 11.1 Å². The van der Waals surface area contributed by atoms with Crippen LogP contribution in [0.15, 0.2) is 47.5 Å². The van der Waals surface area contributed by atoms with Crippen LogP contribution < -0.4 is 15.8 Å². The Balaban J connectivity index is 0.00000392. The molecule has 8 heteroatoms. The molecule has 0 atom stereocenters. The van der Waals surface area contributed by atoms with Crippen LogP contribution in [-0.4, -0.2) is 20.4 Å². The maximum atomic E-state index is 12.0. The Bertz CT molecular complexity index is 910. The lowest BCUT2D eigenvalue weighted by Crippen LogP contribution is -2.31. The van der Waals surface area contributed by atoms with Gasteiger partial charge in [-0.05, 0) is 62.1 Å². The highest BCUT2D eigenvalue weighted by molar-refractivity contribution is 14.0. The van der Waals surface area contributed by atoms with Gasteiger partial charge in [0.15, 0.2) is 5.96 Å². The van der Waals surface area contributed by atoms with E-state index in [0.717, 1.165) is 16.8 Å². The van der Waals surface area contributed by atoms with Gasteiger partial charge >= 0.3 is 0 Å². The zero-order valence-electron chi connectivity index (χ0n) is 16.7. The Morgan fingerprint density at radius 1 is 1.04 bits per heavy atom. The van der Waals surface area contributed by atoms with Crippen molar-refractivity contribution in [2.75, 3.05) is 5.32 Å². The summed E-state index contributed by atoms with van der Waals surface area (Å²) in [6.07, 6.45) is 0. The van der Waals surface area contributed by atoms with Crippen molar-refractivity contribution in [1.29, 1.82) is 0 Å². The molecule has 0 fully saturated rings. The minimum absolute atomic E-state index is 0. The van der Waals surface area contributed by atoms with Crippen LogP contribution >= 0.6 is 24.0 Å². The van der Waals surface area contributed by atoms with Crippen molar-refractivity contribution in [1.82, 2.24) is 4.72 Å². The van der Waals surface area contributed by atoms with Crippen molar-refractivity contribution in [3.63, 3.8) is 0 Å². The summed E-state index contributed by atoms with van der Waals surface area (Å²) < 4.78 is 26.5. The first-order valence-corrected chi connectivity index (χ1v) is 10.5. The van der Waals surface area contributed by atoms with Crippen molar-refractivity contribution in [3.05, 3.63) is 64.7 Å². The van der Waals surface area contributed by atoms with E-state index in [-0.39, 0.29) is 35.8 Å². The summed E-state index contributed by atoms with van der Waals surface area (Å²) >= 11 is 0. The number of guanidine groups is 1. The molecular weight excluding hydrogens is 487 g/mol. The number of nitrogens with one attached hydrogen (secondary N) is 2. The molecule has 2 aromatic rings. The number of benzene rings is 2. The van der Waals surface area contributed by atoms with Crippen molar-refractivity contribution >= 4 is 45.6 Å². The molecule has 0 saturated carbocycles. The van der Waals surface area contributed by atoms with E-state index in [2.05, 4.69) is 22.0 Å². The first kappa shape index (κ1) is 24.4. The molecule has 2 rings (SSSR count). The van der Waals surface area contributed by atoms with Crippen LogP contribution in [0.3, 0.4) is 0 Å². The molecule has 6 nitrogen and oxygen atoms in total. The van der Waals surface area contributed by atoms with E-state index in [0.29, 0.717) is 12.5 Å². The van der Waals surface area contributed by atoms with Gasteiger partial charge in [0.2, 0.25) is 10.0 Å². The van der Waals surface area contributed by atoms with E-state index in [1.807, 2.05) is 37.3 Å². The van der Waals surface area contributed by atoms with Gasteiger partial charge in [-0.15, -0.1) is 24.0 Å². The number of halogens is 1. The number of nitrogens with two attached hydrogens (primary N) is 1. The number of hydrogen-bond donors (Lipinski definition) is 3. The van der Waals surface area contributed by atoms with Gasteiger partial charge in [-0.1, -0.05) is 30.3 Å². The van der Waals surface area contributed by atoms with Crippen molar-refractivity contribution in [3.8, 4) is 0 Å². The Kier molecular flexibility index (Phi) is 9.38. The summed E-state index contributed by atoms with van der Waals surface area (Å²) in [7, 11) is -3.32. The zero-order valence-corrected chi connectivity index (χ0v) is 19.8. The number of hydrogen-bond acceptors (Lipinski definition) is 3. The Labute approximate surface area is 185 Å². The smallest absolute Gasteiger partial charge is 0.216 e. The second-order valence-electron chi connectivity index (χ2n) is 6.97. The largest absolute Gasteiger partial charge is 0.370 e. The highest BCUT2D eigenvalue weighted by atomic mass is 127. The molecular formula is C20H29IN4O2S. The lowest BCUT2D eigenvalue weighted by atomic mass is 10.1. The summed E-state index contributed by atoms with van der Waals surface area (Å²) in [5.41, 5.74) is 11.0. The zero-order chi connectivity index (χ0) is 20.0. The molecule has 28 heavy (non-hydrogen) atoms. The lowest BCUT2D eigenvalue weighted by molar-refractivity contribution is 0.569. The topological polar surface area (TPSA) is 96.6 Å². The third-order valence-electron chi connectivity index (χ3n) is 4.01. The van der Waals surface area contributed by atoms with Gasteiger partial charge in [0.05, 0.1) is 12.3 Å². The summed E-state index contributed by atoms with van der Waals surface area (Å²) in [5.74, 6) is 0.302. The van der Waals surface area contributed by atoms with Crippen molar-refractivity contribution in [2.45, 2.75) is 46.0 Å². The van der Waals surface area contributed by atoms with E-state index in [9.17, 15) is 8.42 Å². The van der Waals surface area contributed by atoms with Gasteiger partial charge in [0, 0.05) is 11.7 Å². The third-order valence-corrected chi connectivity index (χ3v) is 5.55. The predicted molar refractivity (Wildman–Crippen MR) is 128 cm³/mol. The average Bonchev–Trinajstić information content (AvgIpc) is 2.56. The number of aryl methyl sites for hydroxylation is 2. The minimum Gasteiger partial charge on any atom is -0.370 e. The second kappa shape index (κ2) is 10.8. The molecule has 4 N–H and O–H groups in total. The fourth-order valence-corrected chi connectivity index (χ4v) is 3.98. The standard InChI is InChI=1S/C20H28N4O2S.HI/c1-14(2)24-27(25,26)13-18-8-6-17(7-9-18)12-22-20(21)23-19-10-5-15(3)16(4)11-19;/h5-11,14,24H,12-13H2,1-4H3,(H3,21,22,23);1H. The molecule has 0 aromatic heterocycles. The molecule has 0 aliphatic heterocycles. The number of aliphatic imine (C=N–C) groups is 1. The first-order chi connectivity index (χ1) is 12.6. The monoisotopic (exact) mass is 516 g/mol. The second-order valence-corrected chi connectivity index (χ2v) is 8.73. The highest BCUT2D eigenvalue weighted by Gasteiger charge is 2.12. The third kappa shape index (κ3) is 8.15. The van der Waals surface area contributed by atoms with Gasteiger partial charge in [-0.3, -0.25) is 0 Å². The molecule has 0 aliphatic rings. The number of sulfonamides is 1. The van der Waals surface area contributed by atoms with Gasteiger partial charge in [-0.2, -0.15) is 0 Å². The predicted octanol–water partition coefficient (Wildman–Crippen LogP) is 3.68. The van der Waals surface area contributed by atoms with E-state index < -0.39 is 10.0 Å². The maximum absolute atomic E-state index is 12.0. The van der Waals surface area contributed by atoms with Crippen molar-refractivity contribution in [2.24, 2.45) is 10.7 Å². The summed E-state index contributed by atoms with van der Waals surface area (Å²) in [6.45, 7) is 8.13.